The molecule has 1 aliphatic heterocycles. The molecular formula is C17H26F3N5O. The van der Waals surface area contributed by atoms with Crippen LogP contribution in [-0.2, 0) is 13.6 Å². The number of carbonyl (C=O) groups excluding carboxylic acids is 1. The van der Waals surface area contributed by atoms with Crippen LogP contribution in [0.15, 0.2) is 6.20 Å². The average Bonchev–Trinajstić information content (AvgIpc) is 2.90. The zero-order valence-corrected chi connectivity index (χ0v) is 15.4. The highest BCUT2D eigenvalue weighted by atomic mass is 19.4. The number of carbonyl (C=O) groups is 1. The van der Waals surface area contributed by atoms with Crippen molar-refractivity contribution in [3.8, 4) is 0 Å². The minimum absolute atomic E-state index is 0.00654. The predicted octanol–water partition coefficient (Wildman–Crippen LogP) is 2.75. The number of imidazole rings is 1. The maximum absolute atomic E-state index is 13.3. The smallest absolute Gasteiger partial charge is 0.348 e. The molecule has 1 saturated carbocycles. The highest BCUT2D eigenvalue weighted by Gasteiger charge is 2.58. The summed E-state index contributed by atoms with van der Waals surface area (Å²) in [4.78, 5) is 20.2. The second-order valence-corrected chi connectivity index (χ2v) is 7.68. The summed E-state index contributed by atoms with van der Waals surface area (Å²) < 4.78 is 41.9. The molecule has 1 aromatic heterocycles. The van der Waals surface area contributed by atoms with Gasteiger partial charge in [-0.1, -0.05) is 6.42 Å². The molecule has 1 aromatic rings. The fourth-order valence-corrected chi connectivity index (χ4v) is 4.27. The predicted molar refractivity (Wildman–Crippen MR) is 91.8 cm³/mol. The van der Waals surface area contributed by atoms with E-state index in [9.17, 15) is 18.0 Å². The van der Waals surface area contributed by atoms with Gasteiger partial charge in [-0.05, 0) is 24.7 Å². The molecular weight excluding hydrogens is 347 g/mol. The van der Waals surface area contributed by atoms with Gasteiger partial charge < -0.3 is 19.7 Å². The van der Waals surface area contributed by atoms with Crippen LogP contribution >= 0.6 is 0 Å². The van der Waals surface area contributed by atoms with Crippen LogP contribution in [0.2, 0.25) is 0 Å². The monoisotopic (exact) mass is 373 g/mol. The second-order valence-electron chi connectivity index (χ2n) is 7.68. The SMILES string of the molecule is CN(C)c1ncc(CNC(=O)N2CCC(C(F)(F)F)C3(CCC3)C2)n1C. The summed E-state index contributed by atoms with van der Waals surface area (Å²) in [5, 5.41) is 2.83. The lowest BCUT2D eigenvalue weighted by Crippen LogP contribution is -2.59. The summed E-state index contributed by atoms with van der Waals surface area (Å²) in [7, 11) is 5.63. The zero-order chi connectivity index (χ0) is 19.1. The molecule has 1 N–H and O–H groups in total. The molecule has 1 aliphatic carbocycles. The Balaban J connectivity index is 1.61. The van der Waals surface area contributed by atoms with Crippen molar-refractivity contribution in [3.05, 3.63) is 11.9 Å². The van der Waals surface area contributed by atoms with Crippen LogP contribution in [0, 0.1) is 11.3 Å². The summed E-state index contributed by atoms with van der Waals surface area (Å²) in [5.41, 5.74) is 0.0592. The standard InChI is InChI=1S/C17H26F3N5O/c1-23(2)14-21-9-12(24(14)3)10-22-15(26)25-8-5-13(17(18,19)20)16(11-25)6-4-7-16/h9,13H,4-8,10-11H2,1-3H3,(H,22,26). The molecule has 1 atom stereocenters. The molecule has 26 heavy (non-hydrogen) atoms. The number of amides is 2. The van der Waals surface area contributed by atoms with E-state index in [0.29, 0.717) is 19.4 Å². The van der Waals surface area contributed by atoms with Crippen LogP contribution in [0.1, 0.15) is 31.4 Å². The number of halogens is 3. The van der Waals surface area contributed by atoms with Gasteiger partial charge in [0.05, 0.1) is 24.4 Å². The summed E-state index contributed by atoms with van der Waals surface area (Å²) in [6.07, 6.45) is -0.583. The van der Waals surface area contributed by atoms with E-state index < -0.39 is 17.5 Å². The highest BCUT2D eigenvalue weighted by molar-refractivity contribution is 5.74. The molecule has 0 radical (unpaired) electrons. The van der Waals surface area contributed by atoms with Crippen molar-refractivity contribution in [2.45, 2.75) is 38.4 Å². The van der Waals surface area contributed by atoms with E-state index in [4.69, 9.17) is 0 Å². The number of piperidine rings is 1. The van der Waals surface area contributed by atoms with Gasteiger partial charge in [0.2, 0.25) is 5.95 Å². The normalized spacial score (nSPS) is 22.2. The Morgan fingerprint density at radius 2 is 2.12 bits per heavy atom. The Bertz CT molecular complexity index is 666. The molecule has 2 amide bonds. The third kappa shape index (κ3) is 3.35. The maximum Gasteiger partial charge on any atom is 0.392 e. The van der Waals surface area contributed by atoms with Crippen LogP contribution in [0.3, 0.4) is 0 Å². The van der Waals surface area contributed by atoms with Crippen molar-refractivity contribution >= 4 is 12.0 Å². The van der Waals surface area contributed by atoms with Gasteiger partial charge in [0.1, 0.15) is 0 Å². The number of likely N-dealkylation sites (tertiary alicyclic amines) is 1. The van der Waals surface area contributed by atoms with E-state index in [-0.39, 0.29) is 25.5 Å². The summed E-state index contributed by atoms with van der Waals surface area (Å²) >= 11 is 0. The number of hydrogen-bond donors (Lipinski definition) is 1. The molecule has 9 heteroatoms. The van der Waals surface area contributed by atoms with Gasteiger partial charge in [-0.2, -0.15) is 13.2 Å². The molecule has 2 heterocycles. The number of urea groups is 1. The van der Waals surface area contributed by atoms with Crippen LogP contribution < -0.4 is 10.2 Å². The number of alkyl halides is 3. The summed E-state index contributed by atoms with van der Waals surface area (Å²) in [5.74, 6) is -0.513. The quantitative estimate of drug-likeness (QED) is 0.887. The van der Waals surface area contributed by atoms with Crippen LogP contribution in [0.4, 0.5) is 23.9 Å². The topological polar surface area (TPSA) is 53.4 Å². The molecule has 146 valence electrons. The number of aromatic nitrogens is 2. The number of anilines is 1. The molecule has 0 aromatic carbocycles. The molecule has 0 bridgehead atoms. The first-order valence-corrected chi connectivity index (χ1v) is 8.91. The zero-order valence-electron chi connectivity index (χ0n) is 15.4. The number of nitrogens with zero attached hydrogens (tertiary/aromatic N) is 4. The largest absolute Gasteiger partial charge is 0.392 e. The fraction of sp³-hybridized carbons (Fsp3) is 0.765. The van der Waals surface area contributed by atoms with Crippen LogP contribution in [-0.4, -0.2) is 53.8 Å². The molecule has 6 nitrogen and oxygen atoms in total. The van der Waals surface area contributed by atoms with E-state index in [1.807, 2.05) is 30.6 Å². The molecule has 1 spiro atoms. The number of nitrogens with one attached hydrogen (secondary N) is 1. The van der Waals surface area contributed by atoms with Crippen molar-refractivity contribution in [3.63, 3.8) is 0 Å². The van der Waals surface area contributed by atoms with Crippen molar-refractivity contribution in [1.29, 1.82) is 0 Å². The van der Waals surface area contributed by atoms with Crippen molar-refractivity contribution < 1.29 is 18.0 Å². The lowest BCUT2D eigenvalue weighted by atomic mass is 9.58. The highest BCUT2D eigenvalue weighted by Crippen LogP contribution is 2.56. The van der Waals surface area contributed by atoms with Gasteiger partial charge in [-0.25, -0.2) is 9.78 Å². The van der Waals surface area contributed by atoms with E-state index in [1.54, 1.807) is 11.1 Å². The van der Waals surface area contributed by atoms with Crippen molar-refractivity contribution in [2.24, 2.45) is 18.4 Å². The van der Waals surface area contributed by atoms with Crippen LogP contribution in [0.25, 0.3) is 0 Å². The molecule has 1 saturated heterocycles. The lowest BCUT2D eigenvalue weighted by molar-refractivity contribution is -0.235. The minimum atomic E-state index is -4.18. The first kappa shape index (κ1) is 18.8. The maximum atomic E-state index is 13.3. The van der Waals surface area contributed by atoms with Crippen molar-refractivity contribution in [1.82, 2.24) is 19.8 Å². The van der Waals surface area contributed by atoms with E-state index >= 15 is 0 Å². The van der Waals surface area contributed by atoms with E-state index in [2.05, 4.69) is 10.3 Å². The Kier molecular flexibility index (Phi) is 4.83. The Hall–Kier alpha value is -1.93. The van der Waals surface area contributed by atoms with Crippen LogP contribution in [0.5, 0.6) is 0 Å². The number of hydrogen-bond acceptors (Lipinski definition) is 3. The third-order valence-corrected chi connectivity index (χ3v) is 5.84. The van der Waals surface area contributed by atoms with Gasteiger partial charge >= 0.3 is 12.2 Å². The average molecular weight is 373 g/mol. The fourth-order valence-electron chi connectivity index (χ4n) is 4.27. The van der Waals surface area contributed by atoms with Gasteiger partial charge in [-0.3, -0.25) is 0 Å². The third-order valence-electron chi connectivity index (χ3n) is 5.84. The first-order valence-electron chi connectivity index (χ1n) is 8.91. The lowest BCUT2D eigenvalue weighted by Gasteiger charge is -2.54. The van der Waals surface area contributed by atoms with E-state index in [0.717, 1.165) is 18.1 Å². The van der Waals surface area contributed by atoms with E-state index in [1.165, 1.54) is 0 Å². The van der Waals surface area contributed by atoms with Gasteiger partial charge in [0.25, 0.3) is 0 Å². The minimum Gasteiger partial charge on any atom is -0.348 e. The summed E-state index contributed by atoms with van der Waals surface area (Å²) in [6.45, 7) is 0.631. The Morgan fingerprint density at radius 1 is 1.42 bits per heavy atom. The second kappa shape index (κ2) is 6.66. The van der Waals surface area contributed by atoms with Gasteiger partial charge in [-0.15, -0.1) is 0 Å². The molecule has 3 rings (SSSR count). The molecule has 2 aliphatic rings. The van der Waals surface area contributed by atoms with Gasteiger partial charge in [0.15, 0.2) is 0 Å². The number of rotatable bonds is 3. The molecule has 1 unspecified atom stereocenters. The molecule has 2 fully saturated rings. The van der Waals surface area contributed by atoms with Crippen molar-refractivity contribution in [2.75, 3.05) is 32.1 Å². The Labute approximate surface area is 151 Å². The first-order chi connectivity index (χ1) is 12.1. The Morgan fingerprint density at radius 3 is 2.62 bits per heavy atom. The van der Waals surface area contributed by atoms with Gasteiger partial charge in [0, 0.05) is 34.2 Å². The summed E-state index contributed by atoms with van der Waals surface area (Å²) in [6, 6.07) is -0.301.